The molecular weight excluding hydrogens is 410 g/mol. The molecular formula is C23H17N5O4. The number of carbonyl (C=O) groups excluding carboxylic acids is 1. The van der Waals surface area contributed by atoms with Crippen molar-refractivity contribution in [2.45, 2.75) is 13.5 Å². The summed E-state index contributed by atoms with van der Waals surface area (Å²) in [6.07, 6.45) is 0. The van der Waals surface area contributed by atoms with E-state index in [9.17, 15) is 15.0 Å². The fourth-order valence-corrected chi connectivity index (χ4v) is 3.14. The summed E-state index contributed by atoms with van der Waals surface area (Å²) in [4.78, 5) is 17.0. The molecule has 32 heavy (non-hydrogen) atoms. The van der Waals surface area contributed by atoms with Gasteiger partial charge in [-0.15, -0.1) is 5.11 Å². The molecule has 9 nitrogen and oxygen atoms in total. The van der Waals surface area contributed by atoms with Crippen LogP contribution in [0.25, 0.3) is 10.8 Å². The number of fused-ring (bicyclic) bond motifs is 1. The third-order valence-electron chi connectivity index (χ3n) is 4.75. The van der Waals surface area contributed by atoms with Gasteiger partial charge < -0.3 is 19.9 Å². The van der Waals surface area contributed by atoms with E-state index < -0.39 is 5.91 Å². The van der Waals surface area contributed by atoms with Gasteiger partial charge in [-0.25, -0.2) is 0 Å². The SMILES string of the molecule is Cc1nc(/N=N/c2cc3ccccc3c(C(=O)Nc3ccc(CO)cc3)c2O)oc1C#N. The van der Waals surface area contributed by atoms with Gasteiger partial charge in [-0.3, -0.25) is 4.79 Å². The number of aromatic hydroxyl groups is 1. The van der Waals surface area contributed by atoms with E-state index in [-0.39, 0.29) is 35.4 Å². The molecule has 1 aromatic heterocycles. The van der Waals surface area contributed by atoms with E-state index in [4.69, 9.17) is 9.68 Å². The van der Waals surface area contributed by atoms with Crippen LogP contribution in [0.3, 0.4) is 0 Å². The highest BCUT2D eigenvalue weighted by atomic mass is 16.4. The molecule has 1 heterocycles. The molecule has 3 aromatic carbocycles. The number of azo groups is 1. The standard InChI is InChI=1S/C23H17N5O4/c1-13-19(11-24)32-23(25-13)28-27-18-10-15-4-2-3-5-17(15)20(21(18)30)22(31)26-16-8-6-14(12-29)7-9-16/h2-10,29-30H,12H2,1H3,(H,26,31)/b28-27+. The van der Waals surface area contributed by atoms with Gasteiger partial charge in [-0.05, 0) is 41.5 Å². The number of oxazole rings is 1. The Kier molecular flexibility index (Phi) is 5.61. The van der Waals surface area contributed by atoms with Crippen molar-refractivity contribution >= 4 is 34.1 Å². The maximum atomic E-state index is 13.1. The zero-order valence-corrected chi connectivity index (χ0v) is 16.9. The third kappa shape index (κ3) is 4.03. The van der Waals surface area contributed by atoms with Crippen LogP contribution < -0.4 is 5.32 Å². The summed E-state index contributed by atoms with van der Waals surface area (Å²) in [5.41, 5.74) is 1.65. The number of anilines is 1. The second-order valence-corrected chi connectivity index (χ2v) is 6.87. The number of rotatable bonds is 5. The van der Waals surface area contributed by atoms with Crippen molar-refractivity contribution in [3.05, 3.63) is 77.2 Å². The van der Waals surface area contributed by atoms with E-state index in [0.717, 1.165) is 0 Å². The number of aliphatic hydroxyl groups excluding tert-OH is 1. The number of nitrogens with zero attached hydrogens (tertiary/aromatic N) is 4. The summed E-state index contributed by atoms with van der Waals surface area (Å²) in [5, 5.41) is 40.8. The van der Waals surface area contributed by atoms with Crippen LogP contribution in [0.4, 0.5) is 17.4 Å². The second-order valence-electron chi connectivity index (χ2n) is 6.87. The van der Waals surface area contributed by atoms with E-state index in [2.05, 4.69) is 20.5 Å². The highest BCUT2D eigenvalue weighted by Gasteiger charge is 2.20. The predicted molar refractivity (Wildman–Crippen MR) is 116 cm³/mol. The summed E-state index contributed by atoms with van der Waals surface area (Å²) in [5.74, 6) is -0.874. The topological polar surface area (TPSA) is 144 Å². The molecule has 3 N–H and O–H groups in total. The Labute approximate surface area is 182 Å². The molecule has 0 aliphatic carbocycles. The third-order valence-corrected chi connectivity index (χ3v) is 4.75. The Morgan fingerprint density at radius 1 is 1.19 bits per heavy atom. The van der Waals surface area contributed by atoms with Crippen LogP contribution in [-0.2, 0) is 6.61 Å². The number of phenolic OH excluding ortho intramolecular Hbond substituents is 1. The normalized spacial score (nSPS) is 11.0. The van der Waals surface area contributed by atoms with Gasteiger partial charge in [0.15, 0.2) is 5.75 Å². The molecule has 0 saturated heterocycles. The number of aryl methyl sites for hydroxylation is 1. The Bertz CT molecular complexity index is 1380. The number of phenols is 1. The average molecular weight is 427 g/mol. The minimum absolute atomic E-state index is 0.0222. The maximum Gasteiger partial charge on any atom is 0.342 e. The van der Waals surface area contributed by atoms with Crippen LogP contribution in [0.5, 0.6) is 5.75 Å². The van der Waals surface area contributed by atoms with Crippen molar-refractivity contribution in [3.8, 4) is 11.8 Å². The lowest BCUT2D eigenvalue weighted by molar-refractivity contribution is 0.102. The Balaban J connectivity index is 1.74. The molecule has 0 fully saturated rings. The van der Waals surface area contributed by atoms with Crippen LogP contribution in [0.15, 0.2) is 69.2 Å². The van der Waals surface area contributed by atoms with Gasteiger partial charge >= 0.3 is 6.01 Å². The smallest absolute Gasteiger partial charge is 0.342 e. The first-order chi connectivity index (χ1) is 15.5. The average Bonchev–Trinajstić information content (AvgIpc) is 3.17. The first-order valence-corrected chi connectivity index (χ1v) is 9.55. The first kappa shape index (κ1) is 20.7. The lowest BCUT2D eigenvalue weighted by atomic mass is 10.0. The van der Waals surface area contributed by atoms with Crippen LogP contribution in [0.1, 0.15) is 27.4 Å². The molecule has 0 bridgehead atoms. The second kappa shape index (κ2) is 8.67. The molecule has 0 aliphatic heterocycles. The predicted octanol–water partition coefficient (Wildman–Crippen LogP) is 4.87. The maximum absolute atomic E-state index is 13.1. The fraction of sp³-hybridized carbons (Fsp3) is 0.0870. The van der Waals surface area contributed by atoms with E-state index in [0.29, 0.717) is 27.7 Å². The molecule has 0 unspecified atom stereocenters. The van der Waals surface area contributed by atoms with Gasteiger partial charge in [0.25, 0.3) is 5.91 Å². The molecule has 0 spiro atoms. The van der Waals surface area contributed by atoms with E-state index >= 15 is 0 Å². The van der Waals surface area contributed by atoms with E-state index in [1.54, 1.807) is 61.5 Å². The Morgan fingerprint density at radius 3 is 2.62 bits per heavy atom. The van der Waals surface area contributed by atoms with Crippen molar-refractivity contribution in [1.29, 1.82) is 5.26 Å². The lowest BCUT2D eigenvalue weighted by Crippen LogP contribution is -2.12. The number of nitriles is 1. The number of amides is 1. The molecule has 9 heteroatoms. The minimum Gasteiger partial charge on any atom is -0.505 e. The number of hydrogen-bond donors (Lipinski definition) is 3. The highest BCUT2D eigenvalue weighted by molar-refractivity contribution is 6.16. The largest absolute Gasteiger partial charge is 0.505 e. The number of hydrogen-bond acceptors (Lipinski definition) is 8. The zero-order valence-electron chi connectivity index (χ0n) is 16.9. The quantitative estimate of drug-likeness (QED) is 0.387. The van der Waals surface area contributed by atoms with Crippen molar-refractivity contribution in [2.75, 3.05) is 5.32 Å². The number of carbonyl (C=O) groups is 1. The van der Waals surface area contributed by atoms with Crippen molar-refractivity contribution in [1.82, 2.24) is 4.98 Å². The number of benzene rings is 3. The summed E-state index contributed by atoms with van der Waals surface area (Å²) in [6.45, 7) is 1.50. The fourth-order valence-electron chi connectivity index (χ4n) is 3.14. The summed E-state index contributed by atoms with van der Waals surface area (Å²) in [6, 6.07) is 17.0. The van der Waals surface area contributed by atoms with Gasteiger partial charge in [-0.2, -0.15) is 10.2 Å². The van der Waals surface area contributed by atoms with Crippen LogP contribution in [0.2, 0.25) is 0 Å². The number of nitrogens with one attached hydrogen (secondary N) is 1. The van der Waals surface area contributed by atoms with Crippen LogP contribution >= 0.6 is 0 Å². The van der Waals surface area contributed by atoms with Crippen LogP contribution in [0, 0.1) is 18.3 Å². The van der Waals surface area contributed by atoms with Gasteiger partial charge in [0, 0.05) is 5.69 Å². The van der Waals surface area contributed by atoms with E-state index in [1.165, 1.54) is 0 Å². The van der Waals surface area contributed by atoms with Gasteiger partial charge in [0.2, 0.25) is 5.76 Å². The summed E-state index contributed by atoms with van der Waals surface area (Å²) < 4.78 is 5.18. The molecule has 0 saturated carbocycles. The van der Waals surface area contributed by atoms with Gasteiger partial charge in [-0.1, -0.05) is 41.5 Å². The molecule has 158 valence electrons. The Morgan fingerprint density at radius 2 is 1.94 bits per heavy atom. The molecule has 1 amide bonds. The monoisotopic (exact) mass is 427 g/mol. The first-order valence-electron chi connectivity index (χ1n) is 9.55. The Hall–Kier alpha value is -4.55. The van der Waals surface area contributed by atoms with Gasteiger partial charge in [0.05, 0.1) is 17.9 Å². The minimum atomic E-state index is -0.536. The summed E-state index contributed by atoms with van der Waals surface area (Å²) in [7, 11) is 0. The molecule has 0 radical (unpaired) electrons. The molecule has 4 rings (SSSR count). The highest BCUT2D eigenvalue weighted by Crippen LogP contribution is 2.38. The van der Waals surface area contributed by atoms with Crippen molar-refractivity contribution in [2.24, 2.45) is 10.2 Å². The van der Waals surface area contributed by atoms with Gasteiger partial charge in [0.1, 0.15) is 11.8 Å². The van der Waals surface area contributed by atoms with Crippen LogP contribution in [-0.4, -0.2) is 21.1 Å². The van der Waals surface area contributed by atoms with Crippen molar-refractivity contribution in [3.63, 3.8) is 0 Å². The lowest BCUT2D eigenvalue weighted by Gasteiger charge is -2.12. The molecule has 0 aliphatic rings. The molecule has 4 aromatic rings. The van der Waals surface area contributed by atoms with Crippen molar-refractivity contribution < 1.29 is 19.4 Å². The van der Waals surface area contributed by atoms with E-state index in [1.807, 2.05) is 6.07 Å². The molecule has 0 atom stereocenters. The zero-order chi connectivity index (χ0) is 22.7. The number of aliphatic hydroxyl groups is 1. The summed E-state index contributed by atoms with van der Waals surface area (Å²) >= 11 is 0. The number of aromatic nitrogens is 1.